The molecule has 5 heterocycles. The lowest BCUT2D eigenvalue weighted by atomic mass is 10.0. The number of aromatic nitrogens is 4. The minimum Gasteiger partial charge on any atom is -0.351 e. The number of amides is 1. The van der Waals surface area contributed by atoms with Gasteiger partial charge in [0.2, 0.25) is 21.9 Å². The highest BCUT2D eigenvalue weighted by atomic mass is 32.2. The number of piperidine rings is 1. The van der Waals surface area contributed by atoms with Crippen molar-refractivity contribution in [2.24, 2.45) is 5.92 Å². The molecular formula is C26H36N8O3S. The lowest BCUT2D eigenvalue weighted by molar-refractivity contribution is -0.120. The van der Waals surface area contributed by atoms with E-state index in [1.807, 2.05) is 11.1 Å². The van der Waals surface area contributed by atoms with Gasteiger partial charge in [-0.3, -0.25) is 19.3 Å². The molecule has 2 saturated carbocycles. The Hall–Kier alpha value is -2.57. The zero-order valence-corrected chi connectivity index (χ0v) is 22.9. The number of carbonyl (C=O) groups is 1. The van der Waals surface area contributed by atoms with Crippen molar-refractivity contribution in [3.63, 3.8) is 0 Å². The van der Waals surface area contributed by atoms with Crippen molar-refractivity contribution < 1.29 is 13.2 Å². The summed E-state index contributed by atoms with van der Waals surface area (Å²) in [6.07, 6.45) is 10.4. The van der Waals surface area contributed by atoms with Gasteiger partial charge in [-0.2, -0.15) is 14.4 Å². The number of nitrogens with one attached hydrogen (secondary N) is 1. The normalized spacial score (nSPS) is 25.0. The van der Waals surface area contributed by atoms with Crippen LogP contribution in [-0.4, -0.2) is 88.1 Å². The molecule has 2 aromatic heterocycles. The van der Waals surface area contributed by atoms with Crippen molar-refractivity contribution in [2.45, 2.75) is 80.8 Å². The summed E-state index contributed by atoms with van der Waals surface area (Å²) in [5, 5.41) is 7.78. The van der Waals surface area contributed by atoms with Crippen molar-refractivity contribution in [3.8, 4) is 0 Å². The Bertz CT molecular complexity index is 1350. The first kappa shape index (κ1) is 24.5. The summed E-state index contributed by atoms with van der Waals surface area (Å²) >= 11 is 0. The Kier molecular flexibility index (Phi) is 5.61. The molecule has 1 N–H and O–H groups in total. The van der Waals surface area contributed by atoms with E-state index in [4.69, 9.17) is 4.98 Å². The SMILES string of the molecule is CCN1CC(n2cc(S(=O)(=O)N3CCC(Nc4ncc5c(n4)N([C@@H](C)C4CC4)C(=O)C54CC4)CC3)cn2)C1. The number of hydrogen-bond donors (Lipinski definition) is 1. The van der Waals surface area contributed by atoms with E-state index in [0.29, 0.717) is 37.8 Å². The molecule has 2 aliphatic carbocycles. The van der Waals surface area contributed by atoms with Gasteiger partial charge < -0.3 is 5.32 Å². The van der Waals surface area contributed by atoms with Crippen LogP contribution in [0, 0.1) is 5.92 Å². The molecule has 5 aliphatic rings. The Morgan fingerprint density at radius 3 is 2.53 bits per heavy atom. The van der Waals surface area contributed by atoms with Gasteiger partial charge in [0.15, 0.2) is 0 Å². The predicted octanol–water partition coefficient (Wildman–Crippen LogP) is 1.99. The third kappa shape index (κ3) is 3.86. The van der Waals surface area contributed by atoms with Crippen LogP contribution >= 0.6 is 0 Å². The Labute approximate surface area is 223 Å². The van der Waals surface area contributed by atoms with Crippen LogP contribution in [-0.2, 0) is 20.2 Å². The fourth-order valence-electron chi connectivity index (χ4n) is 6.37. The van der Waals surface area contributed by atoms with Crippen molar-refractivity contribution in [1.29, 1.82) is 0 Å². The Morgan fingerprint density at radius 1 is 1.13 bits per heavy atom. The van der Waals surface area contributed by atoms with Gasteiger partial charge in [0.05, 0.1) is 17.7 Å². The van der Waals surface area contributed by atoms with Gasteiger partial charge in [-0.25, -0.2) is 13.4 Å². The minimum atomic E-state index is -3.58. The summed E-state index contributed by atoms with van der Waals surface area (Å²) in [7, 11) is -3.58. The number of anilines is 2. The highest BCUT2D eigenvalue weighted by molar-refractivity contribution is 7.89. The van der Waals surface area contributed by atoms with E-state index in [1.165, 1.54) is 19.0 Å². The van der Waals surface area contributed by atoms with Gasteiger partial charge in [-0.1, -0.05) is 6.92 Å². The second-order valence-corrected chi connectivity index (χ2v) is 13.7. The van der Waals surface area contributed by atoms with E-state index in [1.54, 1.807) is 15.2 Å². The van der Waals surface area contributed by atoms with E-state index < -0.39 is 15.4 Å². The summed E-state index contributed by atoms with van der Waals surface area (Å²) in [5.41, 5.74) is 0.588. The molecule has 0 radical (unpaired) electrons. The lowest BCUT2D eigenvalue weighted by Gasteiger charge is -2.38. The molecule has 0 bridgehead atoms. The maximum Gasteiger partial charge on any atom is 0.246 e. The number of fused-ring (bicyclic) bond motifs is 2. The summed E-state index contributed by atoms with van der Waals surface area (Å²) in [6, 6.07) is 0.476. The molecule has 204 valence electrons. The topological polar surface area (TPSA) is 117 Å². The second-order valence-electron chi connectivity index (χ2n) is 11.8. The maximum absolute atomic E-state index is 13.3. The van der Waals surface area contributed by atoms with Crippen LogP contribution in [0.25, 0.3) is 0 Å². The smallest absolute Gasteiger partial charge is 0.246 e. The number of sulfonamides is 1. The molecule has 11 nitrogen and oxygen atoms in total. The first-order chi connectivity index (χ1) is 18.3. The molecule has 1 spiro atoms. The summed E-state index contributed by atoms with van der Waals surface area (Å²) < 4.78 is 29.9. The highest BCUT2D eigenvalue weighted by Gasteiger charge is 2.61. The first-order valence-electron chi connectivity index (χ1n) is 14.0. The molecule has 2 aromatic rings. The predicted molar refractivity (Wildman–Crippen MR) is 141 cm³/mol. The third-order valence-corrected chi connectivity index (χ3v) is 11.2. The van der Waals surface area contributed by atoms with Crippen LogP contribution in [0.4, 0.5) is 11.8 Å². The van der Waals surface area contributed by atoms with Crippen molar-refractivity contribution in [1.82, 2.24) is 29.0 Å². The summed E-state index contributed by atoms with van der Waals surface area (Å²) in [5.74, 6) is 2.05. The van der Waals surface area contributed by atoms with Crippen LogP contribution in [0.1, 0.15) is 64.0 Å². The van der Waals surface area contributed by atoms with E-state index in [9.17, 15) is 13.2 Å². The van der Waals surface area contributed by atoms with Gasteiger partial charge in [0.1, 0.15) is 10.7 Å². The fourth-order valence-corrected chi connectivity index (χ4v) is 7.79. The quantitative estimate of drug-likeness (QED) is 0.541. The van der Waals surface area contributed by atoms with E-state index in [0.717, 1.165) is 43.9 Å². The van der Waals surface area contributed by atoms with E-state index in [2.05, 4.69) is 34.1 Å². The zero-order valence-electron chi connectivity index (χ0n) is 22.1. The van der Waals surface area contributed by atoms with Crippen molar-refractivity contribution in [2.75, 3.05) is 42.9 Å². The van der Waals surface area contributed by atoms with Crippen LogP contribution in [0.15, 0.2) is 23.5 Å². The van der Waals surface area contributed by atoms with Gasteiger partial charge in [0, 0.05) is 56.2 Å². The van der Waals surface area contributed by atoms with E-state index >= 15 is 0 Å². The average molecular weight is 541 g/mol. The van der Waals surface area contributed by atoms with Crippen LogP contribution in [0.2, 0.25) is 0 Å². The lowest BCUT2D eigenvalue weighted by Crippen LogP contribution is -2.47. The summed E-state index contributed by atoms with van der Waals surface area (Å²) in [6.45, 7) is 7.93. The average Bonchev–Trinajstić information content (AvgIpc) is 3.80. The number of rotatable bonds is 8. The van der Waals surface area contributed by atoms with Crippen molar-refractivity contribution in [3.05, 3.63) is 24.2 Å². The molecule has 4 fully saturated rings. The van der Waals surface area contributed by atoms with Crippen molar-refractivity contribution >= 4 is 27.7 Å². The fraction of sp³-hybridized carbons (Fsp3) is 0.692. The number of hydrogen-bond acceptors (Lipinski definition) is 8. The van der Waals surface area contributed by atoms with Gasteiger partial charge >= 0.3 is 0 Å². The van der Waals surface area contributed by atoms with E-state index in [-0.39, 0.29) is 28.9 Å². The van der Waals surface area contributed by atoms with Gasteiger partial charge in [0.25, 0.3) is 0 Å². The van der Waals surface area contributed by atoms with Crippen LogP contribution < -0.4 is 10.2 Å². The molecule has 0 aromatic carbocycles. The molecule has 1 amide bonds. The largest absolute Gasteiger partial charge is 0.351 e. The molecule has 12 heteroatoms. The molecule has 0 unspecified atom stereocenters. The standard InChI is InChI=1S/C26H36N8O3S/c1-3-31-14-20(15-31)33-16-21(12-28-33)38(36,37)32-10-6-19(7-11-32)29-25-27-13-22-23(30-25)34(17(2)18-4-5-18)24(35)26(22)8-9-26/h12-13,16-20H,3-11,14-15H2,1-2H3,(H,27,29,30)/t17-/m0/s1. The molecule has 1 atom stereocenters. The summed E-state index contributed by atoms with van der Waals surface area (Å²) in [4.78, 5) is 27.3. The zero-order chi connectivity index (χ0) is 26.2. The van der Waals surface area contributed by atoms with Gasteiger partial charge in [-0.05, 0) is 57.9 Å². The minimum absolute atomic E-state index is 0.0681. The number of likely N-dealkylation sites (tertiary alicyclic amines) is 1. The number of carbonyl (C=O) groups excluding carboxylic acids is 1. The Morgan fingerprint density at radius 2 is 1.87 bits per heavy atom. The highest BCUT2D eigenvalue weighted by Crippen LogP contribution is 2.58. The molecule has 3 aliphatic heterocycles. The monoisotopic (exact) mass is 540 g/mol. The second kappa shape index (κ2) is 8.72. The maximum atomic E-state index is 13.3. The molecule has 7 rings (SSSR count). The number of nitrogens with zero attached hydrogens (tertiary/aromatic N) is 7. The van der Waals surface area contributed by atoms with Gasteiger partial charge in [-0.15, -0.1) is 0 Å². The molecular weight excluding hydrogens is 504 g/mol. The number of likely N-dealkylation sites (N-methyl/N-ethyl adjacent to an activating group) is 1. The Balaban J connectivity index is 1.01. The molecule has 38 heavy (non-hydrogen) atoms. The third-order valence-electron chi connectivity index (χ3n) is 9.36. The van der Waals surface area contributed by atoms with Crippen LogP contribution in [0.3, 0.4) is 0 Å². The van der Waals surface area contributed by atoms with Crippen LogP contribution in [0.5, 0.6) is 0 Å². The molecule has 2 saturated heterocycles. The first-order valence-corrected chi connectivity index (χ1v) is 15.5.